The first-order valence-corrected chi connectivity index (χ1v) is 9.04. The number of carbonyl (C=O) groups is 1. The van der Waals surface area contributed by atoms with E-state index in [-0.39, 0.29) is 18.1 Å². The van der Waals surface area contributed by atoms with Crippen molar-refractivity contribution in [2.75, 3.05) is 23.3 Å². The maximum atomic E-state index is 13.6. The van der Waals surface area contributed by atoms with Gasteiger partial charge >= 0.3 is 0 Å². The first-order chi connectivity index (χ1) is 13.0. The molecule has 2 heterocycles. The van der Waals surface area contributed by atoms with E-state index in [1.165, 1.54) is 6.07 Å². The number of hydrogen-bond donors (Lipinski definition) is 1. The SMILES string of the molecule is CCN(CC)c1ccc2nnc(CCC(=O)Nc3ccc(C)c(F)c3)n2n1. The third-order valence-corrected chi connectivity index (χ3v) is 4.43. The summed E-state index contributed by atoms with van der Waals surface area (Å²) in [6.45, 7) is 7.52. The van der Waals surface area contributed by atoms with E-state index in [1.807, 2.05) is 12.1 Å². The topological polar surface area (TPSA) is 75.4 Å². The minimum Gasteiger partial charge on any atom is -0.356 e. The van der Waals surface area contributed by atoms with E-state index in [1.54, 1.807) is 23.6 Å². The summed E-state index contributed by atoms with van der Waals surface area (Å²) < 4.78 is 15.3. The van der Waals surface area contributed by atoms with Gasteiger partial charge in [0.25, 0.3) is 0 Å². The number of nitrogens with zero attached hydrogens (tertiary/aromatic N) is 5. The Hall–Kier alpha value is -3.03. The minimum atomic E-state index is -0.343. The lowest BCUT2D eigenvalue weighted by Gasteiger charge is -2.19. The van der Waals surface area contributed by atoms with Crippen LogP contribution in [0.2, 0.25) is 0 Å². The third kappa shape index (κ3) is 4.21. The van der Waals surface area contributed by atoms with Gasteiger partial charge in [0.1, 0.15) is 11.6 Å². The molecule has 0 unspecified atom stereocenters. The van der Waals surface area contributed by atoms with Crippen molar-refractivity contribution >= 4 is 23.1 Å². The Balaban J connectivity index is 1.69. The molecule has 0 bridgehead atoms. The lowest BCUT2D eigenvalue weighted by atomic mass is 10.2. The highest BCUT2D eigenvalue weighted by Crippen LogP contribution is 2.15. The summed E-state index contributed by atoms with van der Waals surface area (Å²) in [5, 5.41) is 15.5. The van der Waals surface area contributed by atoms with Crippen molar-refractivity contribution in [2.24, 2.45) is 0 Å². The zero-order chi connectivity index (χ0) is 19.4. The molecule has 0 saturated heterocycles. The highest BCUT2D eigenvalue weighted by atomic mass is 19.1. The summed E-state index contributed by atoms with van der Waals surface area (Å²) in [6.07, 6.45) is 0.587. The second kappa shape index (κ2) is 8.11. The Morgan fingerprint density at radius 2 is 1.96 bits per heavy atom. The van der Waals surface area contributed by atoms with Crippen molar-refractivity contribution in [3.8, 4) is 0 Å². The summed E-state index contributed by atoms with van der Waals surface area (Å²) in [4.78, 5) is 14.3. The summed E-state index contributed by atoms with van der Waals surface area (Å²) in [7, 11) is 0. The predicted octanol–water partition coefficient (Wildman–Crippen LogP) is 2.99. The molecule has 0 aliphatic carbocycles. The molecule has 0 fully saturated rings. The molecular formula is C19H23FN6O. The van der Waals surface area contributed by atoms with Crippen molar-refractivity contribution in [1.29, 1.82) is 0 Å². The van der Waals surface area contributed by atoms with Crippen LogP contribution in [0.5, 0.6) is 0 Å². The Morgan fingerprint density at radius 1 is 1.19 bits per heavy atom. The van der Waals surface area contributed by atoms with Crippen LogP contribution in [0.25, 0.3) is 5.65 Å². The number of benzene rings is 1. The van der Waals surface area contributed by atoms with Crippen molar-refractivity contribution in [3.05, 3.63) is 47.5 Å². The van der Waals surface area contributed by atoms with Gasteiger partial charge in [-0.1, -0.05) is 6.07 Å². The number of halogens is 1. The zero-order valence-corrected chi connectivity index (χ0v) is 15.7. The van der Waals surface area contributed by atoms with Gasteiger partial charge in [0.05, 0.1) is 0 Å². The minimum absolute atomic E-state index is 0.202. The maximum Gasteiger partial charge on any atom is 0.224 e. The fraction of sp³-hybridized carbons (Fsp3) is 0.368. The zero-order valence-electron chi connectivity index (χ0n) is 15.7. The molecule has 7 nitrogen and oxygen atoms in total. The molecule has 8 heteroatoms. The van der Waals surface area contributed by atoms with Gasteiger partial charge in [0, 0.05) is 31.6 Å². The van der Waals surface area contributed by atoms with Crippen LogP contribution in [-0.4, -0.2) is 38.8 Å². The van der Waals surface area contributed by atoms with Crippen LogP contribution in [0.3, 0.4) is 0 Å². The molecule has 142 valence electrons. The molecule has 1 aromatic carbocycles. The number of hydrogen-bond acceptors (Lipinski definition) is 5. The first-order valence-electron chi connectivity index (χ1n) is 9.04. The second-order valence-corrected chi connectivity index (χ2v) is 6.26. The second-order valence-electron chi connectivity index (χ2n) is 6.26. The van der Waals surface area contributed by atoms with Gasteiger partial charge in [0.2, 0.25) is 5.91 Å². The van der Waals surface area contributed by atoms with Crippen LogP contribution < -0.4 is 10.2 Å². The van der Waals surface area contributed by atoms with Crippen LogP contribution in [-0.2, 0) is 11.2 Å². The Morgan fingerprint density at radius 3 is 2.67 bits per heavy atom. The smallest absolute Gasteiger partial charge is 0.224 e. The quantitative estimate of drug-likeness (QED) is 0.692. The summed E-state index contributed by atoms with van der Waals surface area (Å²) in [5.41, 5.74) is 1.62. The standard InChI is InChI=1S/C19H23FN6O/c1-4-25(5-2)18-9-8-16-22-23-17(26(16)24-18)10-11-19(27)21-14-7-6-13(3)15(20)12-14/h6-9,12H,4-5,10-11H2,1-3H3,(H,21,27). The molecule has 1 N–H and O–H groups in total. The van der Waals surface area contributed by atoms with Gasteiger partial charge < -0.3 is 10.2 Å². The molecule has 27 heavy (non-hydrogen) atoms. The van der Waals surface area contributed by atoms with Gasteiger partial charge in [-0.25, -0.2) is 4.39 Å². The highest BCUT2D eigenvalue weighted by molar-refractivity contribution is 5.90. The number of aromatic nitrogens is 4. The molecule has 2 aromatic heterocycles. The number of nitrogens with one attached hydrogen (secondary N) is 1. The molecule has 0 radical (unpaired) electrons. The molecule has 0 saturated carbocycles. The Bertz CT molecular complexity index is 951. The van der Waals surface area contributed by atoms with Crippen LogP contribution in [0.15, 0.2) is 30.3 Å². The third-order valence-electron chi connectivity index (χ3n) is 4.43. The number of amides is 1. The molecule has 1 amide bonds. The number of rotatable bonds is 7. The molecule has 0 aliphatic rings. The Labute approximate surface area is 157 Å². The first kappa shape index (κ1) is 18.8. The van der Waals surface area contributed by atoms with Crippen LogP contribution in [0, 0.1) is 12.7 Å². The van der Waals surface area contributed by atoms with Gasteiger partial charge in [-0.15, -0.1) is 15.3 Å². The normalized spacial score (nSPS) is 11.0. The number of carbonyl (C=O) groups excluding carboxylic acids is 1. The van der Waals surface area contributed by atoms with E-state index in [4.69, 9.17) is 0 Å². The number of fused-ring (bicyclic) bond motifs is 1. The lowest BCUT2D eigenvalue weighted by Crippen LogP contribution is -2.23. The number of anilines is 2. The van der Waals surface area contributed by atoms with E-state index in [0.29, 0.717) is 29.1 Å². The van der Waals surface area contributed by atoms with Crippen LogP contribution in [0.1, 0.15) is 31.7 Å². The Kier molecular flexibility index (Phi) is 5.63. The largest absolute Gasteiger partial charge is 0.356 e. The van der Waals surface area contributed by atoms with Gasteiger partial charge in [-0.05, 0) is 50.6 Å². The predicted molar refractivity (Wildman–Crippen MR) is 102 cm³/mol. The van der Waals surface area contributed by atoms with Crippen LogP contribution in [0.4, 0.5) is 15.9 Å². The van der Waals surface area contributed by atoms with Crippen molar-refractivity contribution in [2.45, 2.75) is 33.6 Å². The molecule has 0 aliphatic heterocycles. The van der Waals surface area contributed by atoms with E-state index in [2.05, 4.69) is 39.4 Å². The van der Waals surface area contributed by atoms with Crippen molar-refractivity contribution in [1.82, 2.24) is 19.8 Å². The van der Waals surface area contributed by atoms with Gasteiger partial charge in [-0.2, -0.15) is 4.52 Å². The van der Waals surface area contributed by atoms with Crippen molar-refractivity contribution in [3.63, 3.8) is 0 Å². The molecule has 0 atom stereocenters. The van der Waals surface area contributed by atoms with Gasteiger partial charge in [-0.3, -0.25) is 4.79 Å². The molecule has 0 spiro atoms. The number of aryl methyl sites for hydroxylation is 2. The molecule has 3 rings (SSSR count). The van der Waals surface area contributed by atoms with Gasteiger partial charge in [0.15, 0.2) is 11.5 Å². The van der Waals surface area contributed by atoms with E-state index in [9.17, 15) is 9.18 Å². The average molecular weight is 370 g/mol. The van der Waals surface area contributed by atoms with Crippen molar-refractivity contribution < 1.29 is 9.18 Å². The lowest BCUT2D eigenvalue weighted by molar-refractivity contribution is -0.116. The van der Waals surface area contributed by atoms with E-state index in [0.717, 1.165) is 18.9 Å². The summed E-state index contributed by atoms with van der Waals surface area (Å²) in [5.74, 6) is 0.900. The van der Waals surface area contributed by atoms with E-state index >= 15 is 0 Å². The fourth-order valence-corrected chi connectivity index (χ4v) is 2.82. The van der Waals surface area contributed by atoms with Crippen LogP contribution >= 0.6 is 0 Å². The monoisotopic (exact) mass is 370 g/mol. The maximum absolute atomic E-state index is 13.6. The average Bonchev–Trinajstić information content (AvgIpc) is 3.06. The fourth-order valence-electron chi connectivity index (χ4n) is 2.82. The summed E-state index contributed by atoms with van der Waals surface area (Å²) in [6, 6.07) is 8.42. The molecular weight excluding hydrogens is 347 g/mol. The molecule has 3 aromatic rings. The van der Waals surface area contributed by atoms with E-state index < -0.39 is 0 Å². The highest BCUT2D eigenvalue weighted by Gasteiger charge is 2.12. The summed E-state index contributed by atoms with van der Waals surface area (Å²) >= 11 is 0.